The van der Waals surface area contributed by atoms with Crippen LogP contribution in [0.2, 0.25) is 0 Å². The highest BCUT2D eigenvalue weighted by Crippen LogP contribution is 2.39. The number of primary amides is 1. The van der Waals surface area contributed by atoms with Crippen molar-refractivity contribution in [1.29, 1.82) is 0 Å². The van der Waals surface area contributed by atoms with Gasteiger partial charge in [-0.3, -0.25) is 4.79 Å². The number of piperidine rings is 1. The second-order valence-corrected chi connectivity index (χ2v) is 4.66. The van der Waals surface area contributed by atoms with Gasteiger partial charge in [-0.1, -0.05) is 12.1 Å². The number of nitrogens with two attached hydrogens (primary N) is 1. The second-order valence-electron chi connectivity index (χ2n) is 4.66. The predicted octanol–water partition coefficient (Wildman–Crippen LogP) is 2.86. The number of benzene rings is 1. The van der Waals surface area contributed by atoms with Crippen molar-refractivity contribution < 1.29 is 18.0 Å². The van der Waals surface area contributed by atoms with E-state index in [9.17, 15) is 18.0 Å². The van der Waals surface area contributed by atoms with Crippen LogP contribution in [0.15, 0.2) is 18.2 Å². The molecule has 1 aromatic rings. The van der Waals surface area contributed by atoms with Gasteiger partial charge in [-0.05, 0) is 43.5 Å². The summed E-state index contributed by atoms with van der Waals surface area (Å²) >= 11 is 0. The zero-order valence-electron chi connectivity index (χ0n) is 11.4. The van der Waals surface area contributed by atoms with Crippen LogP contribution >= 0.6 is 12.4 Å². The van der Waals surface area contributed by atoms with Crippen molar-refractivity contribution in [3.8, 4) is 0 Å². The van der Waals surface area contributed by atoms with E-state index in [0.29, 0.717) is 25.9 Å². The minimum Gasteiger partial charge on any atom is -0.366 e. The Bertz CT molecular complexity index is 488. The van der Waals surface area contributed by atoms with Gasteiger partial charge in [0.2, 0.25) is 5.91 Å². The minimum atomic E-state index is -4.56. The van der Waals surface area contributed by atoms with Gasteiger partial charge in [-0.25, -0.2) is 0 Å². The highest BCUT2D eigenvalue weighted by Gasteiger charge is 2.39. The van der Waals surface area contributed by atoms with Crippen molar-refractivity contribution in [2.75, 3.05) is 13.1 Å². The lowest BCUT2D eigenvalue weighted by molar-refractivity contribution is -0.138. The first-order valence-corrected chi connectivity index (χ1v) is 6.12. The van der Waals surface area contributed by atoms with Gasteiger partial charge in [0.15, 0.2) is 0 Å². The second kappa shape index (κ2) is 7.63. The Balaban J connectivity index is 0.00000200. The molecule has 0 spiro atoms. The molecule has 1 fully saturated rings. The van der Waals surface area contributed by atoms with Gasteiger partial charge < -0.3 is 17.2 Å². The Morgan fingerprint density at radius 2 is 1.81 bits per heavy atom. The number of amides is 1. The summed E-state index contributed by atoms with van der Waals surface area (Å²) in [5, 5.41) is 3.11. The van der Waals surface area contributed by atoms with E-state index in [0.717, 1.165) is 6.07 Å². The molecule has 0 bridgehead atoms. The van der Waals surface area contributed by atoms with E-state index in [4.69, 9.17) is 5.73 Å². The quantitative estimate of drug-likeness (QED) is 0.781. The van der Waals surface area contributed by atoms with E-state index in [1.54, 1.807) is 0 Å². The third-order valence-corrected chi connectivity index (χ3v) is 3.42. The number of hydrogen-bond acceptors (Lipinski definition) is 3. The zero-order valence-corrected chi connectivity index (χ0v) is 12.2. The van der Waals surface area contributed by atoms with Crippen molar-refractivity contribution in [1.82, 2.24) is 11.5 Å². The van der Waals surface area contributed by atoms with Crippen molar-refractivity contribution in [2.24, 2.45) is 5.73 Å². The average molecular weight is 326 g/mol. The molecule has 0 saturated carbocycles. The maximum Gasteiger partial charge on any atom is 0.417 e. The Labute approximate surface area is 127 Å². The summed E-state index contributed by atoms with van der Waals surface area (Å²) in [5.41, 5.74) is 3.94. The number of carbonyl (C=O) groups is 1. The molecule has 6 N–H and O–H groups in total. The molecule has 1 heterocycles. The largest absolute Gasteiger partial charge is 0.417 e. The van der Waals surface area contributed by atoms with E-state index in [-0.39, 0.29) is 30.0 Å². The predicted molar refractivity (Wildman–Crippen MR) is 77.1 cm³/mol. The normalized spacial score (nSPS) is 15.8. The van der Waals surface area contributed by atoms with Crippen LogP contribution in [-0.2, 0) is 6.18 Å². The number of carbonyl (C=O) groups excluding carboxylic acids is 1. The average Bonchev–Trinajstić information content (AvgIpc) is 2.38. The maximum atomic E-state index is 13.2. The molecule has 2 rings (SSSR count). The molecule has 0 unspecified atom stereocenters. The number of rotatable bonds is 2. The summed E-state index contributed by atoms with van der Waals surface area (Å²) in [6.07, 6.45) is -3.30. The van der Waals surface area contributed by atoms with Gasteiger partial charge in [0.1, 0.15) is 0 Å². The maximum absolute atomic E-state index is 13.2. The van der Waals surface area contributed by atoms with Crippen molar-refractivity contribution in [3.63, 3.8) is 0 Å². The number of nitrogens with one attached hydrogen (secondary N) is 1. The monoisotopic (exact) mass is 325 g/mol. The van der Waals surface area contributed by atoms with Crippen LogP contribution in [0.4, 0.5) is 13.2 Å². The lowest BCUT2D eigenvalue weighted by atomic mass is 9.85. The van der Waals surface area contributed by atoms with Gasteiger partial charge in [0, 0.05) is 0 Å². The third-order valence-electron chi connectivity index (χ3n) is 3.42. The fraction of sp³-hybridized carbons (Fsp3) is 0.462. The first-order valence-electron chi connectivity index (χ1n) is 6.12. The summed E-state index contributed by atoms with van der Waals surface area (Å²) in [7, 11) is 0. The van der Waals surface area contributed by atoms with E-state index in [2.05, 4.69) is 5.32 Å². The van der Waals surface area contributed by atoms with E-state index >= 15 is 0 Å². The van der Waals surface area contributed by atoms with Crippen LogP contribution in [0, 0.1) is 0 Å². The van der Waals surface area contributed by atoms with E-state index < -0.39 is 23.2 Å². The first-order chi connectivity index (χ1) is 8.91. The molecular formula is C13H19ClF3N3O. The van der Waals surface area contributed by atoms with Gasteiger partial charge in [0.05, 0.1) is 11.1 Å². The Kier molecular flexibility index (Phi) is 7.15. The highest BCUT2D eigenvalue weighted by molar-refractivity contribution is 5.95. The van der Waals surface area contributed by atoms with Gasteiger partial charge in [-0.2, -0.15) is 13.2 Å². The third kappa shape index (κ3) is 4.33. The molecule has 4 nitrogen and oxygen atoms in total. The first kappa shape index (κ1) is 19.7. The fourth-order valence-corrected chi connectivity index (χ4v) is 2.57. The van der Waals surface area contributed by atoms with Crippen LogP contribution in [0.25, 0.3) is 0 Å². The molecular weight excluding hydrogens is 307 g/mol. The molecule has 1 aromatic carbocycles. The van der Waals surface area contributed by atoms with Crippen LogP contribution in [0.1, 0.15) is 40.2 Å². The molecule has 21 heavy (non-hydrogen) atoms. The molecule has 120 valence electrons. The standard InChI is InChI=1S/C13H15F3N2O.ClH.H3N/c14-13(15,16)11-9(8-4-6-18-7-5-8)2-1-3-10(11)12(17)19;;/h1-3,8,18H,4-7H2,(H2,17,19);1H;1H3. The van der Waals surface area contributed by atoms with Crippen LogP contribution in [-0.4, -0.2) is 19.0 Å². The molecule has 0 aromatic heterocycles. The molecule has 1 aliphatic heterocycles. The summed E-state index contributed by atoms with van der Waals surface area (Å²) in [4.78, 5) is 11.2. The molecule has 0 radical (unpaired) electrons. The summed E-state index contributed by atoms with van der Waals surface area (Å²) in [6, 6.07) is 4.05. The highest BCUT2D eigenvalue weighted by atomic mass is 35.5. The van der Waals surface area contributed by atoms with Crippen molar-refractivity contribution in [3.05, 3.63) is 34.9 Å². The molecule has 0 atom stereocenters. The zero-order chi connectivity index (χ0) is 14.0. The van der Waals surface area contributed by atoms with Crippen LogP contribution in [0.3, 0.4) is 0 Å². The molecule has 1 aliphatic rings. The molecule has 1 saturated heterocycles. The number of halogens is 4. The smallest absolute Gasteiger partial charge is 0.366 e. The lowest BCUT2D eigenvalue weighted by Gasteiger charge is -2.26. The molecule has 1 amide bonds. The fourth-order valence-electron chi connectivity index (χ4n) is 2.57. The van der Waals surface area contributed by atoms with Gasteiger partial charge in [0.25, 0.3) is 0 Å². The summed E-state index contributed by atoms with van der Waals surface area (Å²) < 4.78 is 39.6. The number of alkyl halides is 3. The summed E-state index contributed by atoms with van der Waals surface area (Å²) in [6.45, 7) is 1.37. The molecule has 0 aliphatic carbocycles. The SMILES string of the molecule is Cl.N.NC(=O)c1cccc(C2CCNCC2)c1C(F)(F)F. The van der Waals surface area contributed by atoms with Crippen LogP contribution in [0.5, 0.6) is 0 Å². The van der Waals surface area contributed by atoms with Crippen LogP contribution < -0.4 is 17.2 Å². The van der Waals surface area contributed by atoms with E-state index in [1.165, 1.54) is 12.1 Å². The van der Waals surface area contributed by atoms with Gasteiger partial charge >= 0.3 is 6.18 Å². The Hall–Kier alpha value is -1.31. The Morgan fingerprint density at radius 1 is 1.24 bits per heavy atom. The van der Waals surface area contributed by atoms with Gasteiger partial charge in [-0.15, -0.1) is 12.4 Å². The minimum absolute atomic E-state index is 0. The van der Waals surface area contributed by atoms with Crippen molar-refractivity contribution >= 4 is 18.3 Å². The Morgan fingerprint density at radius 3 is 2.29 bits per heavy atom. The lowest BCUT2D eigenvalue weighted by Crippen LogP contribution is -2.29. The van der Waals surface area contributed by atoms with Crippen molar-refractivity contribution in [2.45, 2.75) is 24.9 Å². The van der Waals surface area contributed by atoms with E-state index in [1.807, 2.05) is 0 Å². The summed E-state index contributed by atoms with van der Waals surface area (Å²) in [5.74, 6) is -1.22. The number of hydrogen-bond donors (Lipinski definition) is 3. The topological polar surface area (TPSA) is 90.1 Å². The molecule has 8 heteroatoms.